The molecule has 0 radical (unpaired) electrons. The zero-order valence-corrected chi connectivity index (χ0v) is 17.7. The van der Waals surface area contributed by atoms with Gasteiger partial charge in [0.15, 0.2) is 23.0 Å². The fourth-order valence-electron chi connectivity index (χ4n) is 2.62. The fraction of sp³-hybridized carbons (Fsp3) is 0.238. The lowest BCUT2D eigenvalue weighted by Crippen LogP contribution is -2.17. The average molecular weight is 432 g/mol. The van der Waals surface area contributed by atoms with Crippen molar-refractivity contribution >= 4 is 40.3 Å². The van der Waals surface area contributed by atoms with Crippen molar-refractivity contribution in [1.29, 1.82) is 0 Å². The Morgan fingerprint density at radius 1 is 1.00 bits per heavy atom. The molecule has 0 saturated carbocycles. The molecule has 152 valence electrons. The minimum Gasteiger partial charge on any atom is -0.493 e. The summed E-state index contributed by atoms with van der Waals surface area (Å²) in [5.74, 6) is 2.36. The van der Waals surface area contributed by atoms with Crippen LogP contribution in [-0.2, 0) is 4.79 Å². The van der Waals surface area contributed by atoms with Crippen LogP contribution >= 0.6 is 24.0 Å². The Hall–Kier alpha value is -2.71. The molecular weight excluding hydrogens is 410 g/mol. The van der Waals surface area contributed by atoms with Crippen LogP contribution < -0.4 is 24.3 Å². The number of carbonyl (C=O) groups excluding carboxylic acids is 1. The molecule has 0 atom stereocenters. The third-order valence-corrected chi connectivity index (χ3v) is 5.04. The first-order valence-corrected chi connectivity index (χ1v) is 10.2. The molecule has 2 aromatic rings. The van der Waals surface area contributed by atoms with Crippen molar-refractivity contribution in [3.8, 4) is 23.0 Å². The van der Waals surface area contributed by atoms with E-state index >= 15 is 0 Å². The second-order valence-corrected chi connectivity index (χ2v) is 7.56. The topological polar surface area (TPSA) is 66.0 Å². The highest BCUT2D eigenvalue weighted by atomic mass is 32.2. The highest BCUT2D eigenvalue weighted by Gasteiger charge is 2.22. The van der Waals surface area contributed by atoms with Gasteiger partial charge in [-0.25, -0.2) is 0 Å². The Balaban J connectivity index is 1.64. The van der Waals surface area contributed by atoms with E-state index in [1.165, 1.54) is 11.8 Å². The summed E-state index contributed by atoms with van der Waals surface area (Å²) in [5, 5.41) is 2.60. The van der Waals surface area contributed by atoms with Crippen molar-refractivity contribution in [3.05, 3.63) is 52.9 Å². The zero-order chi connectivity index (χ0) is 20.6. The van der Waals surface area contributed by atoms with E-state index in [0.717, 1.165) is 5.56 Å². The predicted molar refractivity (Wildman–Crippen MR) is 118 cm³/mol. The van der Waals surface area contributed by atoms with Crippen LogP contribution in [0.4, 0.5) is 0 Å². The number of thiocarbonyl (C=S) groups is 1. The van der Waals surface area contributed by atoms with Crippen molar-refractivity contribution in [2.45, 2.75) is 6.92 Å². The van der Waals surface area contributed by atoms with Crippen molar-refractivity contribution in [2.75, 3.05) is 26.9 Å². The summed E-state index contributed by atoms with van der Waals surface area (Å²) in [5.41, 5.74) is 0.827. The van der Waals surface area contributed by atoms with Crippen molar-refractivity contribution in [1.82, 2.24) is 5.32 Å². The van der Waals surface area contributed by atoms with E-state index in [-0.39, 0.29) is 5.91 Å². The number of carbonyl (C=O) groups is 1. The first-order chi connectivity index (χ1) is 14.1. The molecule has 1 fully saturated rings. The van der Waals surface area contributed by atoms with Gasteiger partial charge in [0.25, 0.3) is 5.91 Å². The first kappa shape index (κ1) is 21.0. The highest BCUT2D eigenvalue weighted by Crippen LogP contribution is 2.32. The van der Waals surface area contributed by atoms with Gasteiger partial charge in [-0.2, -0.15) is 0 Å². The number of thioether (sulfide) groups is 1. The summed E-state index contributed by atoms with van der Waals surface area (Å²) < 4.78 is 23.0. The quantitative estimate of drug-likeness (QED) is 0.365. The molecule has 0 spiro atoms. The van der Waals surface area contributed by atoms with Gasteiger partial charge < -0.3 is 24.3 Å². The number of rotatable bonds is 9. The number of hydrogen-bond acceptors (Lipinski definition) is 7. The van der Waals surface area contributed by atoms with Gasteiger partial charge in [0.2, 0.25) is 0 Å². The van der Waals surface area contributed by atoms with Crippen LogP contribution in [0.25, 0.3) is 6.08 Å². The number of amides is 1. The maximum atomic E-state index is 11.8. The van der Waals surface area contributed by atoms with Gasteiger partial charge in [-0.1, -0.05) is 42.2 Å². The summed E-state index contributed by atoms with van der Waals surface area (Å²) in [6, 6.07) is 13.0. The largest absolute Gasteiger partial charge is 0.493 e. The Labute approximate surface area is 179 Å². The molecule has 29 heavy (non-hydrogen) atoms. The maximum Gasteiger partial charge on any atom is 0.263 e. The number of para-hydroxylation sites is 2. The lowest BCUT2D eigenvalue weighted by atomic mass is 10.2. The summed E-state index contributed by atoms with van der Waals surface area (Å²) >= 11 is 6.26. The lowest BCUT2D eigenvalue weighted by Gasteiger charge is -2.14. The number of benzene rings is 2. The first-order valence-electron chi connectivity index (χ1n) is 9.01. The van der Waals surface area contributed by atoms with Crippen molar-refractivity contribution in [2.24, 2.45) is 0 Å². The van der Waals surface area contributed by atoms with E-state index in [0.29, 0.717) is 52.0 Å². The summed E-state index contributed by atoms with van der Waals surface area (Å²) in [4.78, 5) is 12.4. The molecule has 8 heteroatoms. The maximum absolute atomic E-state index is 11.8. The van der Waals surface area contributed by atoms with Crippen LogP contribution in [0.5, 0.6) is 23.0 Å². The summed E-state index contributed by atoms with van der Waals surface area (Å²) in [7, 11) is 1.60. The van der Waals surface area contributed by atoms with Crippen LogP contribution in [0.1, 0.15) is 12.5 Å². The Morgan fingerprint density at radius 3 is 2.31 bits per heavy atom. The molecule has 2 aromatic carbocycles. The van der Waals surface area contributed by atoms with Gasteiger partial charge in [-0.15, -0.1) is 0 Å². The van der Waals surface area contributed by atoms with E-state index in [1.54, 1.807) is 13.2 Å². The molecule has 3 rings (SSSR count). The Kier molecular flexibility index (Phi) is 7.37. The standard InChI is InChI=1S/C21H21NO5S2/c1-3-25-18-12-14(13-19-20(23)22-21(28)29-19)8-9-17(18)27-11-10-26-16-7-5-4-6-15(16)24-2/h4-9,12-13H,3,10-11H2,1-2H3,(H,22,23,28)/b19-13+. The number of hydrogen-bond donors (Lipinski definition) is 1. The average Bonchev–Trinajstić information content (AvgIpc) is 3.03. The van der Waals surface area contributed by atoms with E-state index in [4.69, 9.17) is 31.2 Å². The second-order valence-electron chi connectivity index (χ2n) is 5.84. The smallest absolute Gasteiger partial charge is 0.263 e. The number of ether oxygens (including phenoxy) is 4. The number of nitrogens with one attached hydrogen (secondary N) is 1. The molecule has 0 unspecified atom stereocenters. The molecule has 1 saturated heterocycles. The lowest BCUT2D eigenvalue weighted by molar-refractivity contribution is -0.115. The highest BCUT2D eigenvalue weighted by molar-refractivity contribution is 8.26. The number of methoxy groups -OCH3 is 1. The van der Waals surface area contributed by atoms with Gasteiger partial charge in [-0.05, 0) is 42.8 Å². The van der Waals surface area contributed by atoms with Crippen LogP contribution in [0.15, 0.2) is 47.4 Å². The molecule has 6 nitrogen and oxygen atoms in total. The van der Waals surface area contributed by atoms with Gasteiger partial charge >= 0.3 is 0 Å². The van der Waals surface area contributed by atoms with E-state index < -0.39 is 0 Å². The predicted octanol–water partition coefficient (Wildman–Crippen LogP) is 4.04. The zero-order valence-electron chi connectivity index (χ0n) is 16.1. The van der Waals surface area contributed by atoms with Gasteiger partial charge in [0, 0.05) is 0 Å². The third-order valence-electron chi connectivity index (χ3n) is 3.87. The van der Waals surface area contributed by atoms with Crippen LogP contribution in [0.2, 0.25) is 0 Å². The van der Waals surface area contributed by atoms with Gasteiger partial charge in [-0.3, -0.25) is 4.79 Å². The monoisotopic (exact) mass is 431 g/mol. The normalized spacial score (nSPS) is 14.6. The molecular formula is C21H21NO5S2. The Morgan fingerprint density at radius 2 is 1.69 bits per heavy atom. The molecule has 1 amide bonds. The Bertz CT molecular complexity index is 929. The molecule has 1 aliphatic rings. The molecule has 1 heterocycles. The van der Waals surface area contributed by atoms with Gasteiger partial charge in [0.05, 0.1) is 18.6 Å². The molecule has 0 bridgehead atoms. The minimum atomic E-state index is -0.188. The molecule has 1 aliphatic heterocycles. The minimum absolute atomic E-state index is 0.188. The van der Waals surface area contributed by atoms with Crippen molar-refractivity contribution < 1.29 is 23.7 Å². The molecule has 1 N–H and O–H groups in total. The van der Waals surface area contributed by atoms with Gasteiger partial charge in [0.1, 0.15) is 17.5 Å². The van der Waals surface area contributed by atoms with Crippen LogP contribution in [0.3, 0.4) is 0 Å². The summed E-state index contributed by atoms with van der Waals surface area (Å²) in [6.07, 6.45) is 1.77. The van der Waals surface area contributed by atoms with E-state index in [2.05, 4.69) is 5.32 Å². The van der Waals surface area contributed by atoms with Crippen molar-refractivity contribution in [3.63, 3.8) is 0 Å². The SMILES string of the molecule is CCOc1cc(/C=C2/SC(=S)NC2=O)ccc1OCCOc1ccccc1OC. The third kappa shape index (κ3) is 5.65. The fourth-order valence-corrected chi connectivity index (χ4v) is 3.66. The van der Waals surface area contributed by atoms with E-state index in [1.807, 2.05) is 49.4 Å². The van der Waals surface area contributed by atoms with Crippen LogP contribution in [0, 0.1) is 0 Å². The second kappa shape index (κ2) is 10.2. The molecule has 0 aliphatic carbocycles. The van der Waals surface area contributed by atoms with Crippen LogP contribution in [-0.4, -0.2) is 37.2 Å². The van der Waals surface area contributed by atoms with E-state index in [9.17, 15) is 4.79 Å². The summed E-state index contributed by atoms with van der Waals surface area (Å²) in [6.45, 7) is 3.09. The molecule has 0 aromatic heterocycles.